The van der Waals surface area contributed by atoms with E-state index in [-0.39, 0.29) is 12.6 Å². The van der Waals surface area contributed by atoms with Crippen LogP contribution in [0.1, 0.15) is 24.1 Å². The third-order valence-electron chi connectivity index (χ3n) is 2.67. The summed E-state index contributed by atoms with van der Waals surface area (Å²) >= 11 is 0. The zero-order valence-corrected chi connectivity index (χ0v) is 10.1. The van der Waals surface area contributed by atoms with Crippen LogP contribution in [0.4, 0.5) is 0 Å². The fraction of sp³-hybridized carbons (Fsp3) is 0.538. The maximum Gasteiger partial charge on any atom is 0.0626 e. The number of aryl methyl sites for hydroxylation is 1. The maximum atomic E-state index is 9.30. The zero-order chi connectivity index (χ0) is 11.8. The van der Waals surface area contributed by atoms with Crippen molar-refractivity contribution in [1.82, 2.24) is 5.32 Å². The SMILES string of the molecule is CCc1ccc(C(CO)NCCOC)cc1. The standard InChI is InChI=1S/C13H21NO2/c1-3-11-4-6-12(7-5-11)13(10-15)14-8-9-16-2/h4-7,13-15H,3,8-10H2,1-2H3. The Kier molecular flexibility index (Phi) is 6.08. The van der Waals surface area contributed by atoms with Crippen molar-refractivity contribution >= 4 is 0 Å². The summed E-state index contributed by atoms with van der Waals surface area (Å²) in [6.45, 7) is 3.64. The Morgan fingerprint density at radius 1 is 1.31 bits per heavy atom. The Bertz CT molecular complexity index is 284. The molecular weight excluding hydrogens is 202 g/mol. The first-order valence-electron chi connectivity index (χ1n) is 5.73. The van der Waals surface area contributed by atoms with Crippen molar-refractivity contribution in [3.05, 3.63) is 35.4 Å². The molecule has 3 heteroatoms. The Balaban J connectivity index is 2.56. The van der Waals surface area contributed by atoms with Gasteiger partial charge in [-0.2, -0.15) is 0 Å². The van der Waals surface area contributed by atoms with Gasteiger partial charge in [-0.05, 0) is 17.5 Å². The quantitative estimate of drug-likeness (QED) is 0.689. The highest BCUT2D eigenvalue weighted by Gasteiger charge is 2.08. The number of nitrogens with one attached hydrogen (secondary N) is 1. The first kappa shape index (κ1) is 13.2. The highest BCUT2D eigenvalue weighted by Crippen LogP contribution is 2.13. The summed E-state index contributed by atoms with van der Waals surface area (Å²) < 4.78 is 4.96. The van der Waals surface area contributed by atoms with Crippen LogP contribution in [0, 0.1) is 0 Å². The fourth-order valence-electron chi connectivity index (χ4n) is 1.61. The van der Waals surface area contributed by atoms with Gasteiger partial charge in [-0.25, -0.2) is 0 Å². The molecule has 0 amide bonds. The number of benzene rings is 1. The lowest BCUT2D eigenvalue weighted by Crippen LogP contribution is -2.27. The first-order chi connectivity index (χ1) is 7.81. The molecule has 2 N–H and O–H groups in total. The minimum atomic E-state index is 0.000978. The second-order valence-electron chi connectivity index (χ2n) is 3.78. The molecule has 90 valence electrons. The molecule has 3 nitrogen and oxygen atoms in total. The topological polar surface area (TPSA) is 41.5 Å². The lowest BCUT2D eigenvalue weighted by molar-refractivity contribution is 0.184. The van der Waals surface area contributed by atoms with E-state index in [9.17, 15) is 5.11 Å². The molecule has 1 rings (SSSR count). The highest BCUT2D eigenvalue weighted by molar-refractivity contribution is 5.25. The molecule has 0 radical (unpaired) electrons. The molecule has 0 aromatic heterocycles. The van der Waals surface area contributed by atoms with E-state index >= 15 is 0 Å². The Labute approximate surface area is 97.4 Å². The van der Waals surface area contributed by atoms with E-state index in [1.54, 1.807) is 7.11 Å². The van der Waals surface area contributed by atoms with Gasteiger partial charge in [0.15, 0.2) is 0 Å². The van der Waals surface area contributed by atoms with E-state index in [4.69, 9.17) is 4.74 Å². The summed E-state index contributed by atoms with van der Waals surface area (Å²) in [5, 5.41) is 12.6. The van der Waals surface area contributed by atoms with Crippen LogP contribution in [0.2, 0.25) is 0 Å². The van der Waals surface area contributed by atoms with Crippen molar-refractivity contribution in [3.63, 3.8) is 0 Å². The minimum absolute atomic E-state index is 0.000978. The van der Waals surface area contributed by atoms with Gasteiger partial charge in [-0.1, -0.05) is 31.2 Å². The van der Waals surface area contributed by atoms with Gasteiger partial charge in [0.1, 0.15) is 0 Å². The van der Waals surface area contributed by atoms with E-state index in [0.29, 0.717) is 6.61 Å². The van der Waals surface area contributed by atoms with Crippen molar-refractivity contribution in [2.24, 2.45) is 0 Å². The monoisotopic (exact) mass is 223 g/mol. The summed E-state index contributed by atoms with van der Waals surface area (Å²) in [6.07, 6.45) is 1.04. The lowest BCUT2D eigenvalue weighted by Gasteiger charge is -2.16. The van der Waals surface area contributed by atoms with Crippen LogP contribution < -0.4 is 5.32 Å². The number of ether oxygens (including phenoxy) is 1. The van der Waals surface area contributed by atoms with Gasteiger partial charge >= 0.3 is 0 Å². The third-order valence-corrected chi connectivity index (χ3v) is 2.67. The second kappa shape index (κ2) is 7.39. The average Bonchev–Trinajstić information content (AvgIpc) is 2.35. The molecule has 0 spiro atoms. The Morgan fingerprint density at radius 3 is 2.50 bits per heavy atom. The van der Waals surface area contributed by atoms with E-state index in [1.807, 2.05) is 0 Å². The predicted octanol–water partition coefficient (Wildman–Crippen LogP) is 1.52. The van der Waals surface area contributed by atoms with Gasteiger partial charge in [0.25, 0.3) is 0 Å². The van der Waals surface area contributed by atoms with Crippen LogP contribution >= 0.6 is 0 Å². The average molecular weight is 223 g/mol. The molecule has 1 aromatic rings. The molecule has 0 saturated heterocycles. The van der Waals surface area contributed by atoms with Crippen LogP contribution in [0.3, 0.4) is 0 Å². The fourth-order valence-corrected chi connectivity index (χ4v) is 1.61. The smallest absolute Gasteiger partial charge is 0.0626 e. The third kappa shape index (κ3) is 3.93. The first-order valence-corrected chi connectivity index (χ1v) is 5.73. The van der Waals surface area contributed by atoms with Crippen LogP contribution in [0.25, 0.3) is 0 Å². The van der Waals surface area contributed by atoms with Crippen molar-refractivity contribution in [2.45, 2.75) is 19.4 Å². The van der Waals surface area contributed by atoms with Gasteiger partial charge in [0.05, 0.1) is 19.3 Å². The molecular formula is C13H21NO2. The van der Waals surface area contributed by atoms with E-state index in [1.165, 1.54) is 5.56 Å². The molecule has 0 aliphatic rings. The second-order valence-corrected chi connectivity index (χ2v) is 3.78. The van der Waals surface area contributed by atoms with Gasteiger partial charge in [-0.15, -0.1) is 0 Å². The maximum absolute atomic E-state index is 9.30. The number of methoxy groups -OCH3 is 1. The van der Waals surface area contributed by atoms with E-state index in [2.05, 4.69) is 36.5 Å². The summed E-state index contributed by atoms with van der Waals surface area (Å²) in [5.41, 5.74) is 2.44. The molecule has 0 aliphatic carbocycles. The molecule has 0 fully saturated rings. The van der Waals surface area contributed by atoms with Crippen LogP contribution in [0.15, 0.2) is 24.3 Å². The molecule has 0 saturated carbocycles. The summed E-state index contributed by atoms with van der Waals surface area (Å²) in [7, 11) is 1.67. The minimum Gasteiger partial charge on any atom is -0.394 e. The normalized spacial score (nSPS) is 12.7. The molecule has 16 heavy (non-hydrogen) atoms. The van der Waals surface area contributed by atoms with Crippen molar-refractivity contribution in [3.8, 4) is 0 Å². The van der Waals surface area contributed by atoms with Crippen LogP contribution in [0.5, 0.6) is 0 Å². The summed E-state index contributed by atoms with van der Waals surface area (Å²) in [5.74, 6) is 0. The summed E-state index contributed by atoms with van der Waals surface area (Å²) in [6, 6.07) is 8.35. The zero-order valence-electron chi connectivity index (χ0n) is 10.1. The van der Waals surface area contributed by atoms with Crippen molar-refractivity contribution in [2.75, 3.05) is 26.9 Å². The number of hydrogen-bond donors (Lipinski definition) is 2. The molecule has 0 bridgehead atoms. The van der Waals surface area contributed by atoms with Crippen LogP contribution in [-0.2, 0) is 11.2 Å². The molecule has 0 heterocycles. The molecule has 1 atom stereocenters. The van der Waals surface area contributed by atoms with E-state index < -0.39 is 0 Å². The van der Waals surface area contributed by atoms with Crippen molar-refractivity contribution in [1.29, 1.82) is 0 Å². The Hall–Kier alpha value is -0.900. The lowest BCUT2D eigenvalue weighted by atomic mass is 10.0. The number of aliphatic hydroxyl groups excluding tert-OH is 1. The number of hydrogen-bond acceptors (Lipinski definition) is 3. The van der Waals surface area contributed by atoms with Crippen molar-refractivity contribution < 1.29 is 9.84 Å². The van der Waals surface area contributed by atoms with Crippen LogP contribution in [-0.4, -0.2) is 32.0 Å². The van der Waals surface area contributed by atoms with E-state index in [0.717, 1.165) is 18.5 Å². The molecule has 0 aliphatic heterocycles. The Morgan fingerprint density at radius 2 is 2.00 bits per heavy atom. The summed E-state index contributed by atoms with van der Waals surface area (Å²) in [4.78, 5) is 0. The van der Waals surface area contributed by atoms with Gasteiger partial charge in [0, 0.05) is 13.7 Å². The number of rotatable bonds is 7. The highest BCUT2D eigenvalue weighted by atomic mass is 16.5. The number of aliphatic hydroxyl groups is 1. The predicted molar refractivity (Wildman–Crippen MR) is 65.5 cm³/mol. The van der Waals surface area contributed by atoms with Gasteiger partial charge in [0.2, 0.25) is 0 Å². The van der Waals surface area contributed by atoms with Gasteiger partial charge < -0.3 is 15.2 Å². The largest absolute Gasteiger partial charge is 0.394 e. The van der Waals surface area contributed by atoms with Gasteiger partial charge in [-0.3, -0.25) is 0 Å². The molecule has 1 aromatic carbocycles. The molecule has 1 unspecified atom stereocenters.